The van der Waals surface area contributed by atoms with E-state index in [1.807, 2.05) is 37.3 Å². The number of nitrogens with one attached hydrogen (secondary N) is 1. The third-order valence-corrected chi connectivity index (χ3v) is 6.22. The van der Waals surface area contributed by atoms with E-state index in [0.717, 1.165) is 43.0 Å². The lowest BCUT2D eigenvalue weighted by Gasteiger charge is -2.33. The molecule has 4 nitrogen and oxygen atoms in total. The highest BCUT2D eigenvalue weighted by atomic mass is 16.5. The molecule has 0 saturated carbocycles. The summed E-state index contributed by atoms with van der Waals surface area (Å²) in [5.74, 6) is 0. The van der Waals surface area contributed by atoms with Crippen LogP contribution in [-0.4, -0.2) is 32.0 Å². The Bertz CT molecular complexity index is 860. The second-order valence-electron chi connectivity index (χ2n) is 8.13. The van der Waals surface area contributed by atoms with Crippen molar-refractivity contribution in [3.63, 3.8) is 0 Å². The van der Waals surface area contributed by atoms with Crippen LogP contribution in [0.3, 0.4) is 0 Å². The molecule has 0 radical (unpaired) electrons. The fourth-order valence-electron chi connectivity index (χ4n) is 4.53. The average Bonchev–Trinajstić information content (AvgIpc) is 3.13. The van der Waals surface area contributed by atoms with E-state index in [-0.39, 0.29) is 0 Å². The van der Waals surface area contributed by atoms with Gasteiger partial charge in [-0.25, -0.2) is 0 Å². The predicted molar refractivity (Wildman–Crippen MR) is 116 cm³/mol. The fourth-order valence-corrected chi connectivity index (χ4v) is 4.53. The topological polar surface area (TPSA) is 62.3 Å². The van der Waals surface area contributed by atoms with Gasteiger partial charge in [0.05, 0.1) is 5.71 Å². The van der Waals surface area contributed by atoms with Gasteiger partial charge < -0.3 is 15.4 Å². The molecule has 4 heteroatoms. The van der Waals surface area contributed by atoms with E-state index in [1.165, 1.54) is 24.9 Å². The lowest BCUT2D eigenvalue weighted by molar-refractivity contribution is 0.0254. The zero-order chi connectivity index (χ0) is 19.6. The number of allylic oxidation sites excluding steroid dienone is 2. The van der Waals surface area contributed by atoms with E-state index in [2.05, 4.69) is 29.2 Å². The molecule has 3 N–H and O–H groups in total. The fraction of sp³-hybridized carbons (Fsp3) is 0.375. The number of ether oxygens (including phenoxy) is 1. The first-order valence-corrected chi connectivity index (χ1v) is 10.1. The molecule has 28 heavy (non-hydrogen) atoms. The number of hydrogen-bond donors (Lipinski definition) is 2. The maximum absolute atomic E-state index is 8.64. The van der Waals surface area contributed by atoms with Crippen LogP contribution in [0.15, 0.2) is 60.3 Å². The van der Waals surface area contributed by atoms with E-state index >= 15 is 0 Å². The molecule has 0 aliphatic carbocycles. The van der Waals surface area contributed by atoms with Gasteiger partial charge in [0.1, 0.15) is 0 Å². The van der Waals surface area contributed by atoms with Crippen molar-refractivity contribution in [1.82, 2.24) is 0 Å². The van der Waals surface area contributed by atoms with Crippen LogP contribution < -0.4 is 10.6 Å². The van der Waals surface area contributed by atoms with Crippen LogP contribution in [-0.2, 0) is 4.74 Å². The first-order chi connectivity index (χ1) is 13.6. The highest BCUT2D eigenvalue weighted by Crippen LogP contribution is 2.41. The number of rotatable bonds is 4. The smallest absolute Gasteiger partial charge is 0.0707 e. The second kappa shape index (κ2) is 7.80. The summed E-state index contributed by atoms with van der Waals surface area (Å²) in [6.07, 6.45) is 3.61. The molecule has 2 aliphatic heterocycles. The van der Waals surface area contributed by atoms with Gasteiger partial charge in [0, 0.05) is 48.8 Å². The summed E-state index contributed by atoms with van der Waals surface area (Å²) in [5.41, 5.74) is 11.7. The molecule has 0 aromatic heterocycles. The second-order valence-corrected chi connectivity index (χ2v) is 8.13. The van der Waals surface area contributed by atoms with Crippen LogP contribution in [0.2, 0.25) is 0 Å². The summed E-state index contributed by atoms with van der Waals surface area (Å²) in [4.78, 5) is 2.50. The van der Waals surface area contributed by atoms with Crippen molar-refractivity contribution in [1.29, 1.82) is 5.41 Å². The molecule has 0 atom stereocenters. The van der Waals surface area contributed by atoms with Gasteiger partial charge in [0.2, 0.25) is 0 Å². The SMILES string of the molecule is C/C(N)=C(/C(=N)c1ccccc1)c1ccc(N2CCC3(CCOCC3)C2)cc1. The molecule has 2 heterocycles. The minimum Gasteiger partial charge on any atom is -0.402 e. The number of nitrogens with two attached hydrogens (primary N) is 1. The lowest BCUT2D eigenvalue weighted by atomic mass is 9.80. The van der Waals surface area contributed by atoms with Crippen LogP contribution in [0, 0.1) is 10.8 Å². The van der Waals surface area contributed by atoms with Crippen LogP contribution in [0.1, 0.15) is 37.3 Å². The van der Waals surface area contributed by atoms with Crippen molar-refractivity contribution in [3.8, 4) is 0 Å². The quantitative estimate of drug-likeness (QED) is 0.776. The minimum absolute atomic E-state index is 0.436. The first kappa shape index (κ1) is 18.8. The summed E-state index contributed by atoms with van der Waals surface area (Å²) < 4.78 is 5.56. The number of benzene rings is 2. The van der Waals surface area contributed by atoms with Crippen molar-refractivity contribution < 1.29 is 4.74 Å². The summed E-state index contributed by atoms with van der Waals surface area (Å²) in [6, 6.07) is 18.3. The molecule has 2 saturated heterocycles. The van der Waals surface area contributed by atoms with E-state index in [0.29, 0.717) is 16.8 Å². The molecule has 0 amide bonds. The molecule has 0 unspecified atom stereocenters. The van der Waals surface area contributed by atoms with E-state index in [1.54, 1.807) is 0 Å². The maximum atomic E-state index is 8.64. The molecule has 0 bridgehead atoms. The number of anilines is 1. The molecule has 2 aromatic carbocycles. The third kappa shape index (κ3) is 3.69. The molecule has 146 valence electrons. The first-order valence-electron chi connectivity index (χ1n) is 10.1. The van der Waals surface area contributed by atoms with E-state index < -0.39 is 0 Å². The Morgan fingerprint density at radius 2 is 1.64 bits per heavy atom. The Kier molecular flexibility index (Phi) is 5.23. The third-order valence-electron chi connectivity index (χ3n) is 6.22. The van der Waals surface area contributed by atoms with Gasteiger partial charge in [-0.15, -0.1) is 0 Å². The molecular formula is C24H29N3O. The van der Waals surface area contributed by atoms with Gasteiger partial charge >= 0.3 is 0 Å². The average molecular weight is 376 g/mol. The summed E-state index contributed by atoms with van der Waals surface area (Å²) in [5, 5.41) is 8.64. The van der Waals surface area contributed by atoms with Gasteiger partial charge in [-0.3, -0.25) is 5.41 Å². The van der Waals surface area contributed by atoms with Gasteiger partial charge in [0.25, 0.3) is 0 Å². The van der Waals surface area contributed by atoms with Gasteiger partial charge in [0.15, 0.2) is 0 Å². The van der Waals surface area contributed by atoms with Gasteiger partial charge in [-0.2, -0.15) is 0 Å². The van der Waals surface area contributed by atoms with Crippen molar-refractivity contribution in [2.24, 2.45) is 11.1 Å². The summed E-state index contributed by atoms with van der Waals surface area (Å²) >= 11 is 0. The maximum Gasteiger partial charge on any atom is 0.0707 e. The highest BCUT2D eigenvalue weighted by Gasteiger charge is 2.39. The van der Waals surface area contributed by atoms with Crippen LogP contribution in [0.5, 0.6) is 0 Å². The van der Waals surface area contributed by atoms with Crippen LogP contribution in [0.4, 0.5) is 5.69 Å². The monoisotopic (exact) mass is 375 g/mol. The Balaban J connectivity index is 1.54. The Morgan fingerprint density at radius 3 is 2.29 bits per heavy atom. The lowest BCUT2D eigenvalue weighted by Crippen LogP contribution is -2.33. The van der Waals surface area contributed by atoms with Crippen molar-refractivity contribution >= 4 is 17.0 Å². The van der Waals surface area contributed by atoms with Crippen LogP contribution >= 0.6 is 0 Å². The molecular weight excluding hydrogens is 346 g/mol. The van der Waals surface area contributed by atoms with Gasteiger partial charge in [-0.05, 0) is 49.3 Å². The van der Waals surface area contributed by atoms with Crippen molar-refractivity contribution in [3.05, 3.63) is 71.4 Å². The summed E-state index contributed by atoms with van der Waals surface area (Å²) in [7, 11) is 0. The van der Waals surface area contributed by atoms with Crippen molar-refractivity contribution in [2.75, 3.05) is 31.2 Å². The van der Waals surface area contributed by atoms with Gasteiger partial charge in [-0.1, -0.05) is 42.5 Å². The van der Waals surface area contributed by atoms with E-state index in [9.17, 15) is 0 Å². The number of hydrogen-bond acceptors (Lipinski definition) is 4. The number of nitrogens with zero attached hydrogens (tertiary/aromatic N) is 1. The summed E-state index contributed by atoms with van der Waals surface area (Å²) in [6.45, 7) is 5.90. The normalized spacial score (nSPS) is 19.5. The van der Waals surface area contributed by atoms with Crippen LogP contribution in [0.25, 0.3) is 5.57 Å². The van der Waals surface area contributed by atoms with Crippen molar-refractivity contribution in [2.45, 2.75) is 26.2 Å². The predicted octanol–water partition coefficient (Wildman–Crippen LogP) is 4.45. The Morgan fingerprint density at radius 1 is 0.964 bits per heavy atom. The molecule has 2 aromatic rings. The minimum atomic E-state index is 0.436. The molecule has 1 spiro atoms. The molecule has 2 aliphatic rings. The molecule has 2 fully saturated rings. The standard InChI is InChI=1S/C24H29N3O/c1-18(25)22(23(26)20-5-3-2-4-6-20)19-7-9-21(10-8-19)27-14-11-24(17-27)12-15-28-16-13-24/h2-10,26H,11-17,25H2,1H3/b22-18-,26-23?. The van der Waals surface area contributed by atoms with E-state index in [4.69, 9.17) is 15.9 Å². The zero-order valence-corrected chi connectivity index (χ0v) is 16.6. The zero-order valence-electron chi connectivity index (χ0n) is 16.6. The highest BCUT2D eigenvalue weighted by molar-refractivity contribution is 6.30. The largest absolute Gasteiger partial charge is 0.402 e. The Labute approximate surface area is 167 Å². The molecule has 4 rings (SSSR count). The Hall–Kier alpha value is -2.59.